The number of hydrogen-bond donors (Lipinski definition) is 0. The van der Waals surface area contributed by atoms with Crippen molar-refractivity contribution in [2.75, 3.05) is 0 Å². The normalized spacial score (nSPS) is 10.9. The molecule has 0 aliphatic carbocycles. The first-order chi connectivity index (χ1) is 13.5. The van der Waals surface area contributed by atoms with Crippen LogP contribution in [0.1, 0.15) is 5.82 Å². The average Bonchev–Trinajstić information content (AvgIpc) is 2.70. The van der Waals surface area contributed by atoms with E-state index in [2.05, 4.69) is 4.98 Å². The molecule has 138 valence electrons. The highest BCUT2D eigenvalue weighted by Crippen LogP contribution is 2.19. The summed E-state index contributed by atoms with van der Waals surface area (Å²) in [6.45, 7) is 0.353. The first-order valence-corrected chi connectivity index (χ1v) is 8.81. The van der Waals surface area contributed by atoms with Crippen LogP contribution < -0.4 is 10.1 Å². The number of nitrogens with zero attached hydrogens (tertiary/aromatic N) is 4. The van der Waals surface area contributed by atoms with Crippen molar-refractivity contribution in [3.63, 3.8) is 0 Å². The molecule has 0 saturated carbocycles. The molecule has 2 heterocycles. The molecule has 0 unspecified atom stereocenters. The van der Waals surface area contributed by atoms with Gasteiger partial charge < -0.3 is 0 Å². The maximum atomic E-state index is 13.2. The van der Waals surface area contributed by atoms with Crippen LogP contribution in [0.2, 0.25) is 5.02 Å². The summed E-state index contributed by atoms with van der Waals surface area (Å²) in [6.07, 6.45) is 3.75. The van der Waals surface area contributed by atoms with Crippen LogP contribution in [0.3, 0.4) is 0 Å². The second-order valence-electron chi connectivity index (χ2n) is 6.15. The molecular weight excluding hydrogens is 380 g/mol. The molecule has 0 fully saturated rings. The van der Waals surface area contributed by atoms with Crippen LogP contribution in [0.15, 0.2) is 77.9 Å². The van der Waals surface area contributed by atoms with Crippen molar-refractivity contribution in [3.8, 4) is 5.69 Å². The Morgan fingerprint density at radius 2 is 1.79 bits per heavy atom. The number of halogens is 1. The minimum absolute atomic E-state index is 0.0485. The summed E-state index contributed by atoms with van der Waals surface area (Å²) in [5, 5.41) is 11.8. The van der Waals surface area contributed by atoms with Crippen LogP contribution in [0, 0.1) is 10.1 Å². The Labute approximate surface area is 164 Å². The Kier molecular flexibility index (Phi) is 4.58. The zero-order valence-corrected chi connectivity index (χ0v) is 15.3. The van der Waals surface area contributed by atoms with Gasteiger partial charge in [-0.05, 0) is 30.3 Å². The number of hydrogen-bond acceptors (Lipinski definition) is 4. The molecule has 4 aromatic rings. The van der Waals surface area contributed by atoms with E-state index in [1.807, 2.05) is 35.2 Å². The summed E-state index contributed by atoms with van der Waals surface area (Å²) in [7, 11) is 0. The summed E-state index contributed by atoms with van der Waals surface area (Å²) in [6, 6.07) is 16.4. The molecule has 0 aliphatic heterocycles. The molecule has 7 nitrogen and oxygen atoms in total. The highest BCUT2D eigenvalue weighted by Gasteiger charge is 2.17. The third kappa shape index (κ3) is 3.35. The molecule has 0 spiro atoms. The Morgan fingerprint density at radius 1 is 1.07 bits per heavy atom. The predicted octanol–water partition coefficient (Wildman–Crippen LogP) is 3.28. The van der Waals surface area contributed by atoms with Crippen molar-refractivity contribution in [2.24, 2.45) is 0 Å². The molecule has 0 N–H and O–H groups in total. The number of rotatable bonds is 4. The number of aromatic nitrogens is 3. The minimum atomic E-state index is -0.480. The summed E-state index contributed by atoms with van der Waals surface area (Å²) in [5.74, 6) is 0.505. The smallest absolute Gasteiger partial charge is 0.268 e. The van der Waals surface area contributed by atoms with Crippen molar-refractivity contribution in [1.29, 1.82) is 0 Å². The lowest BCUT2D eigenvalue weighted by Crippen LogP contribution is -2.37. The van der Waals surface area contributed by atoms with Crippen LogP contribution in [-0.2, 0) is 6.54 Å². The van der Waals surface area contributed by atoms with E-state index in [0.717, 1.165) is 0 Å². The van der Waals surface area contributed by atoms with Gasteiger partial charge in [0, 0.05) is 29.3 Å². The first-order valence-electron chi connectivity index (χ1n) is 8.43. The van der Waals surface area contributed by atoms with Gasteiger partial charge in [-0.25, -0.2) is 4.98 Å². The van der Waals surface area contributed by atoms with Gasteiger partial charge in [0.1, 0.15) is 0 Å². The van der Waals surface area contributed by atoms with E-state index in [1.54, 1.807) is 18.2 Å². The largest absolute Gasteiger partial charge is 0.269 e. The van der Waals surface area contributed by atoms with Crippen molar-refractivity contribution in [1.82, 2.24) is 9.55 Å². The number of pyridine rings is 1. The molecule has 0 amide bonds. The van der Waals surface area contributed by atoms with Crippen LogP contribution in [0.5, 0.6) is 0 Å². The highest BCUT2D eigenvalue weighted by molar-refractivity contribution is 6.31. The van der Waals surface area contributed by atoms with Crippen molar-refractivity contribution >= 4 is 28.2 Å². The Balaban J connectivity index is 1.95. The summed E-state index contributed by atoms with van der Waals surface area (Å²) >= 11 is 6.06. The molecule has 0 atom stereocenters. The lowest BCUT2D eigenvalue weighted by atomic mass is 10.2. The van der Waals surface area contributed by atoms with Crippen molar-refractivity contribution in [3.05, 3.63) is 104 Å². The van der Waals surface area contributed by atoms with Gasteiger partial charge in [0.05, 0.1) is 21.5 Å². The predicted molar refractivity (Wildman–Crippen MR) is 105 cm³/mol. The minimum Gasteiger partial charge on any atom is -0.268 e. The summed E-state index contributed by atoms with van der Waals surface area (Å²) < 4.78 is 3.35. The number of benzene rings is 2. The third-order valence-corrected chi connectivity index (χ3v) is 4.55. The van der Waals surface area contributed by atoms with E-state index >= 15 is 0 Å². The van der Waals surface area contributed by atoms with E-state index in [1.165, 1.54) is 28.8 Å². The maximum Gasteiger partial charge on any atom is 0.269 e. The fraction of sp³-hybridized carbons (Fsp3) is 0.0500. The molecule has 2 aromatic heterocycles. The van der Waals surface area contributed by atoms with Gasteiger partial charge in [0.2, 0.25) is 6.54 Å². The number of non-ortho nitro benzene ring substituents is 1. The second kappa shape index (κ2) is 7.21. The third-order valence-electron chi connectivity index (χ3n) is 4.32. The monoisotopic (exact) mass is 393 g/mol. The number of nitro benzene ring substituents is 1. The fourth-order valence-corrected chi connectivity index (χ4v) is 3.17. The Bertz CT molecular complexity index is 1240. The zero-order valence-electron chi connectivity index (χ0n) is 14.5. The van der Waals surface area contributed by atoms with Gasteiger partial charge in [-0.15, -0.1) is 0 Å². The molecular formula is C20H14ClN4O3+. The Morgan fingerprint density at radius 3 is 2.46 bits per heavy atom. The molecule has 0 aliphatic rings. The van der Waals surface area contributed by atoms with Gasteiger partial charge in [-0.2, -0.15) is 4.57 Å². The van der Waals surface area contributed by atoms with Crippen molar-refractivity contribution < 1.29 is 9.49 Å². The van der Waals surface area contributed by atoms with E-state index in [-0.39, 0.29) is 11.2 Å². The quantitative estimate of drug-likeness (QED) is 0.302. The zero-order chi connectivity index (χ0) is 19.7. The van der Waals surface area contributed by atoms with Crippen LogP contribution in [0.4, 0.5) is 5.69 Å². The standard InChI is InChI=1S/C20H14ClN4O3/c21-14-4-9-18-17(12-14)20(26)24(15-5-7-16(8-6-15)25(27)28)19(22-18)13-23-10-2-1-3-11-23/h1-12H,13H2/q+1. The first kappa shape index (κ1) is 17.8. The Hall–Kier alpha value is -3.58. The van der Waals surface area contributed by atoms with E-state index in [4.69, 9.17) is 11.6 Å². The number of fused-ring (bicyclic) bond motifs is 1. The highest BCUT2D eigenvalue weighted by atomic mass is 35.5. The van der Waals surface area contributed by atoms with Crippen LogP contribution >= 0.6 is 11.6 Å². The number of nitro groups is 1. The molecule has 0 bridgehead atoms. The molecule has 0 saturated heterocycles. The van der Waals surface area contributed by atoms with Gasteiger partial charge >= 0.3 is 0 Å². The maximum absolute atomic E-state index is 13.2. The topological polar surface area (TPSA) is 81.9 Å². The van der Waals surface area contributed by atoms with Gasteiger partial charge in [0.15, 0.2) is 18.2 Å². The average molecular weight is 394 g/mol. The van der Waals surface area contributed by atoms with Gasteiger partial charge in [0.25, 0.3) is 11.2 Å². The van der Waals surface area contributed by atoms with Gasteiger partial charge in [-0.1, -0.05) is 17.7 Å². The van der Waals surface area contributed by atoms with Crippen molar-refractivity contribution in [2.45, 2.75) is 6.54 Å². The van der Waals surface area contributed by atoms with Crippen LogP contribution in [0.25, 0.3) is 16.6 Å². The van der Waals surface area contributed by atoms with E-state index < -0.39 is 4.92 Å². The SMILES string of the molecule is O=c1c2cc(Cl)ccc2nc(C[n+]2ccccc2)n1-c1ccc([N+](=O)[O-])cc1. The van der Waals surface area contributed by atoms with E-state index in [0.29, 0.717) is 34.0 Å². The molecule has 0 radical (unpaired) electrons. The van der Waals surface area contributed by atoms with E-state index in [9.17, 15) is 14.9 Å². The summed E-state index contributed by atoms with van der Waals surface area (Å²) in [4.78, 5) is 28.4. The summed E-state index contributed by atoms with van der Waals surface area (Å²) in [5.41, 5.74) is 0.705. The second-order valence-corrected chi connectivity index (χ2v) is 6.59. The van der Waals surface area contributed by atoms with Gasteiger partial charge in [-0.3, -0.25) is 19.5 Å². The fourth-order valence-electron chi connectivity index (χ4n) is 3.00. The lowest BCUT2D eigenvalue weighted by molar-refractivity contribution is -0.689. The molecule has 2 aromatic carbocycles. The molecule has 28 heavy (non-hydrogen) atoms. The molecule has 8 heteroatoms. The molecule has 4 rings (SSSR count). The lowest BCUT2D eigenvalue weighted by Gasteiger charge is -2.12. The van der Waals surface area contributed by atoms with Crippen LogP contribution in [-0.4, -0.2) is 14.5 Å².